The molecule has 5 heteroatoms. The van der Waals surface area contributed by atoms with Crippen LogP contribution in [0.15, 0.2) is 12.3 Å². The van der Waals surface area contributed by atoms with Crippen molar-refractivity contribution in [1.29, 1.82) is 0 Å². The number of aromatic nitrogens is 1. The number of methoxy groups -OCH3 is 1. The molecule has 2 aromatic rings. The maximum atomic E-state index is 11.8. The molecule has 0 fully saturated rings. The Labute approximate surface area is 107 Å². The van der Waals surface area contributed by atoms with Gasteiger partial charge in [-0.15, -0.1) is 0 Å². The van der Waals surface area contributed by atoms with Gasteiger partial charge in [-0.05, 0) is 38.0 Å². The van der Waals surface area contributed by atoms with Crippen LogP contribution in [0.4, 0.5) is 0 Å². The second kappa shape index (κ2) is 4.02. The van der Waals surface area contributed by atoms with E-state index in [0.29, 0.717) is 5.52 Å². The molecule has 0 unspecified atom stereocenters. The van der Waals surface area contributed by atoms with Gasteiger partial charge in [0.2, 0.25) is 10.0 Å². The zero-order valence-electron chi connectivity index (χ0n) is 11.2. The van der Waals surface area contributed by atoms with Gasteiger partial charge in [0, 0.05) is 17.1 Å². The third kappa shape index (κ3) is 1.70. The van der Waals surface area contributed by atoms with Crippen LogP contribution in [0.25, 0.3) is 10.9 Å². The highest BCUT2D eigenvalue weighted by Gasteiger charge is 2.18. The fourth-order valence-corrected chi connectivity index (χ4v) is 3.28. The molecule has 0 amide bonds. The van der Waals surface area contributed by atoms with Crippen LogP contribution in [-0.4, -0.2) is 25.8 Å². The quantitative estimate of drug-likeness (QED) is 0.839. The molecule has 2 rings (SSSR count). The molecule has 0 saturated carbocycles. The molecular weight excluding hydrogens is 250 g/mol. The number of hydrogen-bond donors (Lipinski definition) is 0. The number of rotatable bonds is 2. The van der Waals surface area contributed by atoms with E-state index in [9.17, 15) is 8.42 Å². The number of hydrogen-bond acceptors (Lipinski definition) is 3. The van der Waals surface area contributed by atoms with Crippen molar-refractivity contribution < 1.29 is 13.2 Å². The van der Waals surface area contributed by atoms with Gasteiger partial charge in [-0.1, -0.05) is 0 Å². The summed E-state index contributed by atoms with van der Waals surface area (Å²) in [7, 11) is -1.70. The zero-order chi connectivity index (χ0) is 13.7. The van der Waals surface area contributed by atoms with Crippen LogP contribution in [0.3, 0.4) is 0 Å². The van der Waals surface area contributed by atoms with Crippen LogP contribution in [0.2, 0.25) is 0 Å². The van der Waals surface area contributed by atoms with Gasteiger partial charge in [0.25, 0.3) is 0 Å². The molecule has 1 heterocycles. The molecule has 4 nitrogen and oxygen atoms in total. The van der Waals surface area contributed by atoms with E-state index in [1.165, 1.54) is 10.2 Å². The lowest BCUT2D eigenvalue weighted by atomic mass is 10.0. The third-order valence-corrected chi connectivity index (χ3v) is 4.44. The molecule has 0 aliphatic rings. The fourth-order valence-electron chi connectivity index (χ4n) is 2.43. The Bertz CT molecular complexity index is 727. The molecule has 98 valence electrons. The maximum absolute atomic E-state index is 11.8. The Morgan fingerprint density at radius 1 is 1.11 bits per heavy atom. The summed E-state index contributed by atoms with van der Waals surface area (Å²) in [6.45, 7) is 5.85. The Hall–Kier alpha value is -1.49. The van der Waals surface area contributed by atoms with E-state index in [2.05, 4.69) is 0 Å². The van der Waals surface area contributed by atoms with Crippen LogP contribution in [0, 0.1) is 20.8 Å². The first kappa shape index (κ1) is 13.0. The number of fused-ring (bicyclic) bond motifs is 1. The lowest BCUT2D eigenvalue weighted by Crippen LogP contribution is -2.09. The summed E-state index contributed by atoms with van der Waals surface area (Å²) in [5.41, 5.74) is 3.66. The van der Waals surface area contributed by atoms with E-state index in [0.717, 1.165) is 27.8 Å². The summed E-state index contributed by atoms with van der Waals surface area (Å²) in [5, 5.41) is 0.955. The van der Waals surface area contributed by atoms with Gasteiger partial charge in [-0.3, -0.25) is 0 Å². The highest BCUT2D eigenvalue weighted by Crippen LogP contribution is 2.35. The van der Waals surface area contributed by atoms with Crippen molar-refractivity contribution in [3.05, 3.63) is 29.0 Å². The average Bonchev–Trinajstić information content (AvgIpc) is 2.71. The molecule has 1 aromatic carbocycles. The highest BCUT2D eigenvalue weighted by molar-refractivity contribution is 7.89. The summed E-state index contributed by atoms with van der Waals surface area (Å²) in [6.07, 6.45) is 2.80. The van der Waals surface area contributed by atoms with Gasteiger partial charge in [0.1, 0.15) is 5.75 Å². The first-order chi connectivity index (χ1) is 8.29. The summed E-state index contributed by atoms with van der Waals surface area (Å²) in [6, 6.07) is 1.84. The molecule has 0 aliphatic carbocycles. The maximum Gasteiger partial charge on any atom is 0.236 e. The second-order valence-corrected chi connectivity index (χ2v) is 6.40. The number of aryl methyl sites for hydroxylation is 2. The molecular formula is C13H17NO3S. The van der Waals surface area contributed by atoms with Crippen LogP contribution in [-0.2, 0) is 10.0 Å². The van der Waals surface area contributed by atoms with E-state index in [1.54, 1.807) is 13.3 Å². The molecule has 0 N–H and O–H groups in total. The van der Waals surface area contributed by atoms with Crippen molar-refractivity contribution in [2.45, 2.75) is 20.8 Å². The minimum absolute atomic E-state index is 0.706. The summed E-state index contributed by atoms with van der Waals surface area (Å²) < 4.78 is 30.3. The number of ether oxygens (including phenoxy) is 1. The molecule has 0 aliphatic heterocycles. The lowest BCUT2D eigenvalue weighted by molar-refractivity contribution is 0.409. The van der Waals surface area contributed by atoms with Gasteiger partial charge in [0.05, 0.1) is 18.9 Å². The van der Waals surface area contributed by atoms with E-state index < -0.39 is 10.0 Å². The number of benzene rings is 1. The first-order valence-electron chi connectivity index (χ1n) is 5.64. The van der Waals surface area contributed by atoms with E-state index in [4.69, 9.17) is 4.74 Å². The SMILES string of the molecule is COc1c(C)c(C)c2ccn(S(C)(=O)=O)c2c1C. The van der Waals surface area contributed by atoms with Gasteiger partial charge in [-0.2, -0.15) is 0 Å². The van der Waals surface area contributed by atoms with E-state index in [-0.39, 0.29) is 0 Å². The van der Waals surface area contributed by atoms with Gasteiger partial charge >= 0.3 is 0 Å². The fraction of sp³-hybridized carbons (Fsp3) is 0.385. The van der Waals surface area contributed by atoms with Crippen LogP contribution >= 0.6 is 0 Å². The van der Waals surface area contributed by atoms with E-state index in [1.807, 2.05) is 26.8 Å². The van der Waals surface area contributed by atoms with Crippen LogP contribution < -0.4 is 4.74 Å². The Morgan fingerprint density at radius 2 is 1.72 bits per heavy atom. The minimum atomic E-state index is -3.30. The summed E-state index contributed by atoms with van der Waals surface area (Å²) >= 11 is 0. The normalized spacial score (nSPS) is 12.1. The second-order valence-electron chi connectivity index (χ2n) is 4.55. The van der Waals surface area contributed by atoms with Gasteiger partial charge in [-0.25, -0.2) is 12.4 Å². The van der Waals surface area contributed by atoms with Crippen LogP contribution in [0.1, 0.15) is 16.7 Å². The molecule has 0 bridgehead atoms. The minimum Gasteiger partial charge on any atom is -0.496 e. The predicted molar refractivity (Wildman–Crippen MR) is 72.9 cm³/mol. The third-order valence-electron chi connectivity index (χ3n) is 3.42. The largest absolute Gasteiger partial charge is 0.496 e. The standard InChI is InChI=1S/C13H17NO3S/c1-8-9(2)13(17-4)10(3)12-11(8)6-7-14(12)18(5,15)16/h6-7H,1-5H3. The molecule has 0 atom stereocenters. The first-order valence-corrected chi connectivity index (χ1v) is 7.49. The van der Waals surface area contributed by atoms with Crippen molar-refractivity contribution in [2.75, 3.05) is 13.4 Å². The smallest absolute Gasteiger partial charge is 0.236 e. The van der Waals surface area contributed by atoms with E-state index >= 15 is 0 Å². The Balaban J connectivity index is 3.04. The Morgan fingerprint density at radius 3 is 2.22 bits per heavy atom. The van der Waals surface area contributed by atoms with Crippen molar-refractivity contribution in [1.82, 2.24) is 3.97 Å². The molecule has 18 heavy (non-hydrogen) atoms. The van der Waals surface area contributed by atoms with Gasteiger partial charge in [0.15, 0.2) is 0 Å². The predicted octanol–water partition coefficient (Wildman–Crippen LogP) is 2.38. The average molecular weight is 267 g/mol. The molecule has 0 saturated heterocycles. The molecule has 0 radical (unpaired) electrons. The topological polar surface area (TPSA) is 48.3 Å². The lowest BCUT2D eigenvalue weighted by Gasteiger charge is -2.14. The monoisotopic (exact) mass is 267 g/mol. The zero-order valence-corrected chi connectivity index (χ0v) is 12.1. The Kier molecular flexibility index (Phi) is 2.89. The summed E-state index contributed by atoms with van der Waals surface area (Å²) in [5.74, 6) is 0.753. The number of nitrogens with zero attached hydrogens (tertiary/aromatic N) is 1. The molecule has 1 aromatic heterocycles. The van der Waals surface area contributed by atoms with Crippen LogP contribution in [0.5, 0.6) is 5.75 Å². The van der Waals surface area contributed by atoms with Crippen molar-refractivity contribution in [3.8, 4) is 5.75 Å². The van der Waals surface area contributed by atoms with Crippen molar-refractivity contribution >= 4 is 20.9 Å². The van der Waals surface area contributed by atoms with Crippen molar-refractivity contribution in [2.24, 2.45) is 0 Å². The highest BCUT2D eigenvalue weighted by atomic mass is 32.2. The van der Waals surface area contributed by atoms with Gasteiger partial charge < -0.3 is 4.74 Å². The summed E-state index contributed by atoms with van der Waals surface area (Å²) in [4.78, 5) is 0. The molecule has 0 spiro atoms. The van der Waals surface area contributed by atoms with Crippen molar-refractivity contribution in [3.63, 3.8) is 0 Å².